The molecular weight excluding hydrogens is 255 g/mol. The van der Waals surface area contributed by atoms with Crippen molar-refractivity contribution < 1.29 is 9.18 Å². The predicted octanol–water partition coefficient (Wildman–Crippen LogP) is 2.35. The summed E-state index contributed by atoms with van der Waals surface area (Å²) in [6.45, 7) is 2.92. The van der Waals surface area contributed by atoms with Gasteiger partial charge in [0.15, 0.2) is 0 Å². The fourth-order valence-electron chi connectivity index (χ4n) is 2.24. The van der Waals surface area contributed by atoms with Crippen molar-refractivity contribution >= 4 is 17.5 Å². The van der Waals surface area contributed by atoms with E-state index in [0.29, 0.717) is 6.04 Å². The average Bonchev–Trinajstić information content (AvgIpc) is 2.28. The number of piperidine rings is 1. The van der Waals surface area contributed by atoms with E-state index in [1.54, 1.807) is 0 Å². The zero-order valence-electron chi connectivity index (χ0n) is 10.2. The Kier molecular flexibility index (Phi) is 4.19. The quantitative estimate of drug-likeness (QED) is 0.866. The molecule has 1 aromatic carbocycles. The van der Waals surface area contributed by atoms with E-state index >= 15 is 0 Å². The van der Waals surface area contributed by atoms with Crippen LogP contribution < -0.4 is 10.6 Å². The number of amides is 1. The minimum atomic E-state index is -0.581. The number of carbonyl (C=O) groups excluding carboxylic acids is 1. The summed E-state index contributed by atoms with van der Waals surface area (Å²) in [7, 11) is 0. The number of carbonyl (C=O) groups is 1. The van der Waals surface area contributed by atoms with Crippen LogP contribution in [0.2, 0.25) is 5.02 Å². The summed E-state index contributed by atoms with van der Waals surface area (Å²) in [5.41, 5.74) is -0.0645. The standard InChI is InChI=1S/C13H16ClFN2O/c1-8-7-9(5-6-16-8)17-13(18)12-10(14)3-2-4-11(12)15/h2-4,8-9,16H,5-7H2,1H3,(H,17,18). The largest absolute Gasteiger partial charge is 0.349 e. The Morgan fingerprint density at radius 3 is 3.00 bits per heavy atom. The first-order valence-electron chi connectivity index (χ1n) is 6.06. The number of hydrogen-bond acceptors (Lipinski definition) is 2. The van der Waals surface area contributed by atoms with Crippen molar-refractivity contribution in [3.63, 3.8) is 0 Å². The van der Waals surface area contributed by atoms with Crippen LogP contribution in [-0.2, 0) is 0 Å². The molecule has 1 saturated heterocycles. The number of halogens is 2. The van der Waals surface area contributed by atoms with E-state index in [1.807, 2.05) is 0 Å². The minimum absolute atomic E-state index is 0.0645. The highest BCUT2D eigenvalue weighted by atomic mass is 35.5. The van der Waals surface area contributed by atoms with Crippen molar-refractivity contribution in [3.8, 4) is 0 Å². The lowest BCUT2D eigenvalue weighted by molar-refractivity contribution is 0.0922. The Hall–Kier alpha value is -1.13. The third-order valence-electron chi connectivity index (χ3n) is 3.15. The molecule has 5 heteroatoms. The maximum absolute atomic E-state index is 13.6. The van der Waals surface area contributed by atoms with Crippen LogP contribution in [-0.4, -0.2) is 24.5 Å². The van der Waals surface area contributed by atoms with Gasteiger partial charge in [0.05, 0.1) is 10.6 Å². The fourth-order valence-corrected chi connectivity index (χ4v) is 2.48. The molecule has 2 unspecified atom stereocenters. The average molecular weight is 271 g/mol. The molecule has 1 heterocycles. The molecule has 0 aromatic heterocycles. The van der Waals surface area contributed by atoms with E-state index < -0.39 is 11.7 Å². The summed E-state index contributed by atoms with van der Waals surface area (Å²) in [5.74, 6) is -1.01. The van der Waals surface area contributed by atoms with Crippen molar-refractivity contribution in [1.29, 1.82) is 0 Å². The van der Waals surface area contributed by atoms with Gasteiger partial charge in [-0.15, -0.1) is 0 Å². The Labute approximate surface area is 111 Å². The third kappa shape index (κ3) is 3.00. The summed E-state index contributed by atoms with van der Waals surface area (Å²) in [6, 6.07) is 4.68. The van der Waals surface area contributed by atoms with Crippen LogP contribution in [0.15, 0.2) is 18.2 Å². The second kappa shape index (κ2) is 5.67. The number of hydrogen-bond donors (Lipinski definition) is 2. The van der Waals surface area contributed by atoms with E-state index in [-0.39, 0.29) is 16.6 Å². The highest BCUT2D eigenvalue weighted by Gasteiger charge is 2.23. The van der Waals surface area contributed by atoms with Crippen LogP contribution in [0, 0.1) is 5.82 Å². The Morgan fingerprint density at radius 2 is 2.33 bits per heavy atom. The van der Waals surface area contributed by atoms with Gasteiger partial charge >= 0.3 is 0 Å². The van der Waals surface area contributed by atoms with Gasteiger partial charge < -0.3 is 10.6 Å². The van der Waals surface area contributed by atoms with Gasteiger partial charge in [0, 0.05) is 12.1 Å². The van der Waals surface area contributed by atoms with Gasteiger partial charge in [0.25, 0.3) is 5.91 Å². The fraction of sp³-hybridized carbons (Fsp3) is 0.462. The molecule has 0 bridgehead atoms. The molecule has 1 aliphatic rings. The molecule has 1 aliphatic heterocycles. The minimum Gasteiger partial charge on any atom is -0.349 e. The van der Waals surface area contributed by atoms with Crippen molar-refractivity contribution in [2.75, 3.05) is 6.54 Å². The Morgan fingerprint density at radius 1 is 1.56 bits per heavy atom. The van der Waals surface area contributed by atoms with E-state index in [9.17, 15) is 9.18 Å². The summed E-state index contributed by atoms with van der Waals surface area (Å²) >= 11 is 5.86. The van der Waals surface area contributed by atoms with Crippen molar-refractivity contribution in [1.82, 2.24) is 10.6 Å². The zero-order valence-corrected chi connectivity index (χ0v) is 10.9. The zero-order chi connectivity index (χ0) is 13.1. The summed E-state index contributed by atoms with van der Waals surface area (Å²) in [5, 5.41) is 6.29. The Balaban J connectivity index is 2.07. The van der Waals surface area contributed by atoms with Crippen molar-refractivity contribution in [2.24, 2.45) is 0 Å². The first-order chi connectivity index (χ1) is 8.58. The summed E-state index contributed by atoms with van der Waals surface area (Å²) < 4.78 is 13.6. The number of benzene rings is 1. The predicted molar refractivity (Wildman–Crippen MR) is 69.4 cm³/mol. The van der Waals surface area contributed by atoms with E-state index in [0.717, 1.165) is 19.4 Å². The van der Waals surface area contributed by atoms with Gasteiger partial charge in [-0.1, -0.05) is 17.7 Å². The Bertz CT molecular complexity index is 432. The first kappa shape index (κ1) is 13.3. The lowest BCUT2D eigenvalue weighted by Crippen LogP contribution is -2.46. The van der Waals surface area contributed by atoms with Gasteiger partial charge in [0.2, 0.25) is 0 Å². The molecule has 0 saturated carbocycles. The van der Waals surface area contributed by atoms with Gasteiger partial charge in [0.1, 0.15) is 5.82 Å². The molecule has 2 atom stereocenters. The molecule has 0 radical (unpaired) electrons. The van der Waals surface area contributed by atoms with Crippen LogP contribution in [0.3, 0.4) is 0 Å². The molecule has 2 N–H and O–H groups in total. The molecular formula is C13H16ClFN2O. The molecule has 0 spiro atoms. The van der Waals surface area contributed by atoms with Crippen LogP contribution >= 0.6 is 11.6 Å². The molecule has 98 valence electrons. The third-order valence-corrected chi connectivity index (χ3v) is 3.46. The second-order valence-electron chi connectivity index (χ2n) is 4.65. The van der Waals surface area contributed by atoms with Crippen LogP contribution in [0.5, 0.6) is 0 Å². The normalized spacial score (nSPS) is 23.7. The van der Waals surface area contributed by atoms with Gasteiger partial charge in [-0.3, -0.25) is 4.79 Å². The maximum Gasteiger partial charge on any atom is 0.255 e. The lowest BCUT2D eigenvalue weighted by atomic mass is 10.00. The molecule has 0 aliphatic carbocycles. The molecule has 1 amide bonds. The van der Waals surface area contributed by atoms with E-state index in [2.05, 4.69) is 17.6 Å². The second-order valence-corrected chi connectivity index (χ2v) is 5.05. The van der Waals surface area contributed by atoms with Gasteiger partial charge in [-0.2, -0.15) is 0 Å². The lowest BCUT2D eigenvalue weighted by Gasteiger charge is -2.28. The van der Waals surface area contributed by atoms with Crippen LogP contribution in [0.4, 0.5) is 4.39 Å². The topological polar surface area (TPSA) is 41.1 Å². The highest BCUT2D eigenvalue weighted by molar-refractivity contribution is 6.33. The number of nitrogens with one attached hydrogen (secondary N) is 2. The van der Waals surface area contributed by atoms with E-state index in [1.165, 1.54) is 18.2 Å². The first-order valence-corrected chi connectivity index (χ1v) is 6.44. The van der Waals surface area contributed by atoms with Crippen molar-refractivity contribution in [2.45, 2.75) is 31.8 Å². The summed E-state index contributed by atoms with van der Waals surface area (Å²) in [6.07, 6.45) is 1.69. The molecule has 1 fully saturated rings. The van der Waals surface area contributed by atoms with E-state index in [4.69, 9.17) is 11.6 Å². The monoisotopic (exact) mass is 270 g/mol. The van der Waals surface area contributed by atoms with Crippen LogP contribution in [0.25, 0.3) is 0 Å². The molecule has 1 aromatic rings. The molecule has 2 rings (SSSR count). The van der Waals surface area contributed by atoms with Crippen molar-refractivity contribution in [3.05, 3.63) is 34.6 Å². The molecule has 18 heavy (non-hydrogen) atoms. The highest BCUT2D eigenvalue weighted by Crippen LogP contribution is 2.19. The SMILES string of the molecule is CC1CC(NC(=O)c2c(F)cccc2Cl)CCN1. The maximum atomic E-state index is 13.6. The number of rotatable bonds is 2. The summed E-state index contributed by atoms with van der Waals surface area (Å²) in [4.78, 5) is 12.0. The van der Waals surface area contributed by atoms with Gasteiger partial charge in [-0.05, 0) is 38.4 Å². The van der Waals surface area contributed by atoms with Gasteiger partial charge in [-0.25, -0.2) is 4.39 Å². The molecule has 3 nitrogen and oxygen atoms in total. The van der Waals surface area contributed by atoms with Crippen LogP contribution in [0.1, 0.15) is 30.1 Å². The smallest absolute Gasteiger partial charge is 0.255 e.